The minimum Gasteiger partial charge on any atom is -0.497 e. The normalized spacial score (nSPS) is 10.4. The smallest absolute Gasteiger partial charge is 0.257 e. The van der Waals surface area contributed by atoms with Crippen LogP contribution in [-0.4, -0.2) is 26.0 Å². The van der Waals surface area contributed by atoms with Gasteiger partial charge in [-0.1, -0.05) is 34.8 Å². The molecule has 0 aliphatic rings. The van der Waals surface area contributed by atoms with Gasteiger partial charge in [0.1, 0.15) is 11.5 Å². The largest absolute Gasteiger partial charge is 0.497 e. The van der Waals surface area contributed by atoms with Crippen LogP contribution in [0, 0.1) is 0 Å². The van der Waals surface area contributed by atoms with Crippen LogP contribution in [0.3, 0.4) is 0 Å². The third kappa shape index (κ3) is 5.41. The van der Waals surface area contributed by atoms with Crippen LogP contribution in [0.2, 0.25) is 15.1 Å². The molecule has 3 rings (SSSR count). The van der Waals surface area contributed by atoms with E-state index in [4.69, 9.17) is 44.3 Å². The van der Waals surface area contributed by atoms with Gasteiger partial charge < -0.3 is 20.1 Å². The average Bonchev–Trinajstić information content (AvgIpc) is 2.75. The second-order valence-corrected chi connectivity index (χ2v) is 7.57. The number of halogens is 3. The number of amides is 2. The third-order valence-electron chi connectivity index (χ3n) is 4.31. The first-order valence-corrected chi connectivity index (χ1v) is 10.0. The van der Waals surface area contributed by atoms with Gasteiger partial charge >= 0.3 is 0 Å². The molecule has 0 aliphatic carbocycles. The predicted molar refractivity (Wildman–Crippen MR) is 123 cm³/mol. The highest BCUT2D eigenvalue weighted by atomic mass is 35.5. The van der Waals surface area contributed by atoms with Gasteiger partial charge in [0.05, 0.1) is 41.7 Å². The Kier molecular flexibility index (Phi) is 7.28. The van der Waals surface area contributed by atoms with Crippen molar-refractivity contribution in [3.63, 3.8) is 0 Å². The van der Waals surface area contributed by atoms with Gasteiger partial charge in [0.25, 0.3) is 11.8 Å². The molecule has 0 spiro atoms. The molecule has 0 atom stereocenters. The number of hydrogen-bond donors (Lipinski definition) is 2. The SMILES string of the molecule is COc1ccc(NC(=O)c2cc(Cl)ccc2NC(=O)c2ccc(Cl)cc2Cl)c(OC)c1. The topological polar surface area (TPSA) is 76.7 Å². The highest BCUT2D eigenvalue weighted by molar-refractivity contribution is 6.37. The molecule has 0 heterocycles. The fourth-order valence-corrected chi connectivity index (χ4v) is 3.43. The molecule has 0 aliphatic heterocycles. The summed E-state index contributed by atoms with van der Waals surface area (Å²) >= 11 is 18.1. The number of carbonyl (C=O) groups excluding carboxylic acids is 2. The summed E-state index contributed by atoms with van der Waals surface area (Å²) in [6, 6.07) is 14.0. The molecule has 0 bridgehead atoms. The first-order chi connectivity index (χ1) is 14.8. The number of ether oxygens (including phenoxy) is 2. The van der Waals surface area contributed by atoms with Crippen molar-refractivity contribution in [3.05, 3.63) is 80.8 Å². The number of rotatable bonds is 6. The molecule has 0 radical (unpaired) electrons. The monoisotopic (exact) mass is 478 g/mol. The summed E-state index contributed by atoms with van der Waals surface area (Å²) in [5.74, 6) is -0.0119. The Bertz CT molecular complexity index is 1150. The van der Waals surface area contributed by atoms with Crippen molar-refractivity contribution in [1.82, 2.24) is 0 Å². The van der Waals surface area contributed by atoms with Crippen LogP contribution < -0.4 is 20.1 Å². The summed E-state index contributed by atoms with van der Waals surface area (Å²) in [6.07, 6.45) is 0. The zero-order valence-electron chi connectivity index (χ0n) is 16.5. The maximum absolute atomic E-state index is 13.0. The van der Waals surface area contributed by atoms with Crippen LogP contribution in [0.25, 0.3) is 0 Å². The number of methoxy groups -OCH3 is 2. The lowest BCUT2D eigenvalue weighted by Gasteiger charge is -2.15. The number of nitrogens with one attached hydrogen (secondary N) is 2. The van der Waals surface area contributed by atoms with Crippen LogP contribution in [-0.2, 0) is 0 Å². The van der Waals surface area contributed by atoms with E-state index in [-0.39, 0.29) is 21.8 Å². The Balaban J connectivity index is 1.89. The number of hydrogen-bond acceptors (Lipinski definition) is 4. The minimum atomic E-state index is -0.500. The van der Waals surface area contributed by atoms with Crippen molar-refractivity contribution in [2.45, 2.75) is 0 Å². The Morgan fingerprint density at radius 2 is 1.32 bits per heavy atom. The van der Waals surface area contributed by atoms with Crippen LogP contribution >= 0.6 is 34.8 Å². The lowest BCUT2D eigenvalue weighted by Crippen LogP contribution is -2.19. The van der Waals surface area contributed by atoms with E-state index in [1.165, 1.54) is 38.5 Å². The molecule has 6 nitrogen and oxygen atoms in total. The van der Waals surface area contributed by atoms with E-state index >= 15 is 0 Å². The number of anilines is 2. The molecule has 160 valence electrons. The molecule has 3 aromatic carbocycles. The molecule has 0 unspecified atom stereocenters. The van der Waals surface area contributed by atoms with E-state index in [0.29, 0.717) is 27.2 Å². The zero-order chi connectivity index (χ0) is 22.5. The second kappa shape index (κ2) is 9.92. The van der Waals surface area contributed by atoms with Crippen LogP contribution in [0.15, 0.2) is 54.6 Å². The van der Waals surface area contributed by atoms with Crippen molar-refractivity contribution in [2.75, 3.05) is 24.9 Å². The highest BCUT2D eigenvalue weighted by Gasteiger charge is 2.18. The number of benzene rings is 3. The molecule has 0 saturated carbocycles. The van der Waals surface area contributed by atoms with Gasteiger partial charge in [-0.2, -0.15) is 0 Å². The van der Waals surface area contributed by atoms with Crippen molar-refractivity contribution in [3.8, 4) is 11.5 Å². The molecule has 0 aromatic heterocycles. The standard InChI is InChI=1S/C22H17Cl3N2O4/c1-30-14-5-8-19(20(11-14)31-2)27-22(29)16-9-12(23)4-7-18(16)26-21(28)15-6-3-13(24)10-17(15)25/h3-11H,1-2H3,(H,26,28)(H,27,29). The van der Waals surface area contributed by atoms with E-state index in [1.807, 2.05) is 0 Å². The van der Waals surface area contributed by atoms with E-state index in [2.05, 4.69) is 10.6 Å². The van der Waals surface area contributed by atoms with Gasteiger partial charge in [-0.15, -0.1) is 0 Å². The minimum absolute atomic E-state index is 0.156. The summed E-state index contributed by atoms with van der Waals surface area (Å²) in [6.45, 7) is 0. The Morgan fingerprint density at radius 1 is 0.710 bits per heavy atom. The van der Waals surface area contributed by atoms with E-state index < -0.39 is 11.8 Å². The molecular weight excluding hydrogens is 463 g/mol. The Morgan fingerprint density at radius 3 is 2.00 bits per heavy atom. The highest BCUT2D eigenvalue weighted by Crippen LogP contribution is 2.31. The van der Waals surface area contributed by atoms with Gasteiger partial charge in [0.15, 0.2) is 0 Å². The van der Waals surface area contributed by atoms with E-state index in [0.717, 1.165) is 0 Å². The van der Waals surface area contributed by atoms with Crippen LogP contribution in [0.4, 0.5) is 11.4 Å². The zero-order valence-corrected chi connectivity index (χ0v) is 18.7. The Hall–Kier alpha value is -2.93. The van der Waals surface area contributed by atoms with Crippen LogP contribution in [0.1, 0.15) is 20.7 Å². The molecular formula is C22H17Cl3N2O4. The fraction of sp³-hybridized carbons (Fsp3) is 0.0909. The van der Waals surface area contributed by atoms with Crippen molar-refractivity contribution >= 4 is 58.0 Å². The van der Waals surface area contributed by atoms with Crippen molar-refractivity contribution < 1.29 is 19.1 Å². The first-order valence-electron chi connectivity index (χ1n) is 8.91. The molecule has 31 heavy (non-hydrogen) atoms. The van der Waals surface area contributed by atoms with Gasteiger partial charge in [0.2, 0.25) is 0 Å². The lowest BCUT2D eigenvalue weighted by molar-refractivity contribution is 0.102. The van der Waals surface area contributed by atoms with E-state index in [1.54, 1.807) is 30.3 Å². The molecule has 2 N–H and O–H groups in total. The maximum atomic E-state index is 13.0. The fourth-order valence-electron chi connectivity index (χ4n) is 2.77. The van der Waals surface area contributed by atoms with Crippen molar-refractivity contribution in [1.29, 1.82) is 0 Å². The summed E-state index contributed by atoms with van der Waals surface area (Å²) in [4.78, 5) is 25.7. The summed E-state index contributed by atoms with van der Waals surface area (Å²) in [5, 5.41) is 6.37. The van der Waals surface area contributed by atoms with Gasteiger partial charge in [-0.05, 0) is 48.5 Å². The lowest BCUT2D eigenvalue weighted by atomic mass is 10.1. The predicted octanol–water partition coefficient (Wildman–Crippen LogP) is 6.17. The van der Waals surface area contributed by atoms with E-state index in [9.17, 15) is 9.59 Å². The number of carbonyl (C=O) groups is 2. The molecule has 9 heteroatoms. The van der Waals surface area contributed by atoms with Gasteiger partial charge in [0, 0.05) is 16.1 Å². The molecule has 0 saturated heterocycles. The van der Waals surface area contributed by atoms with Gasteiger partial charge in [-0.25, -0.2) is 0 Å². The van der Waals surface area contributed by atoms with Crippen molar-refractivity contribution in [2.24, 2.45) is 0 Å². The maximum Gasteiger partial charge on any atom is 0.257 e. The van der Waals surface area contributed by atoms with Gasteiger partial charge in [-0.3, -0.25) is 9.59 Å². The average molecular weight is 480 g/mol. The van der Waals surface area contributed by atoms with Crippen LogP contribution in [0.5, 0.6) is 11.5 Å². The first kappa shape index (κ1) is 22.7. The summed E-state index contributed by atoms with van der Waals surface area (Å²) < 4.78 is 10.5. The molecule has 2 amide bonds. The summed E-state index contributed by atoms with van der Waals surface area (Å²) in [5.41, 5.74) is 1.05. The quantitative estimate of drug-likeness (QED) is 0.443. The second-order valence-electron chi connectivity index (χ2n) is 6.29. The third-order valence-corrected chi connectivity index (χ3v) is 5.09. The Labute approximate surface area is 194 Å². The molecule has 3 aromatic rings. The summed E-state index contributed by atoms with van der Waals surface area (Å²) in [7, 11) is 3.01. The molecule has 0 fully saturated rings.